The summed E-state index contributed by atoms with van der Waals surface area (Å²) in [4.78, 5) is 12.9. The fourth-order valence-electron chi connectivity index (χ4n) is 4.58. The minimum absolute atomic E-state index is 0.00336. The van der Waals surface area contributed by atoms with Crippen molar-refractivity contribution in [2.45, 2.75) is 25.4 Å². The second-order valence-electron chi connectivity index (χ2n) is 9.50. The van der Waals surface area contributed by atoms with Gasteiger partial charge in [0, 0.05) is 17.0 Å². The van der Waals surface area contributed by atoms with Gasteiger partial charge >= 0.3 is 5.97 Å². The molecule has 0 radical (unpaired) electrons. The van der Waals surface area contributed by atoms with Gasteiger partial charge in [-0.15, -0.1) is 0 Å². The lowest BCUT2D eigenvalue weighted by molar-refractivity contribution is 0.0603. The molecule has 0 amide bonds. The maximum absolute atomic E-state index is 12.9. The molecule has 1 aliphatic rings. The summed E-state index contributed by atoms with van der Waals surface area (Å²) in [7, 11) is -7.10. The number of carbonyl (C=O) groups excluding carboxylic acids is 1. The molecule has 1 heterocycles. The Hall–Kier alpha value is -3.83. The topological polar surface area (TPSA) is 120 Å². The molecule has 1 saturated carbocycles. The average molecular weight is 570 g/mol. The Bertz CT molecular complexity index is 1720. The second kappa shape index (κ2) is 10.0. The van der Waals surface area contributed by atoms with E-state index in [1.54, 1.807) is 30.3 Å². The Labute approximate surface area is 227 Å². The van der Waals surface area contributed by atoms with Crippen LogP contribution in [0.15, 0.2) is 71.1 Å². The van der Waals surface area contributed by atoms with Crippen LogP contribution < -0.4 is 8.45 Å². The summed E-state index contributed by atoms with van der Waals surface area (Å²) in [6, 6.07) is 19.7. The Morgan fingerprint density at radius 3 is 2.15 bits per heavy atom. The third-order valence-electron chi connectivity index (χ3n) is 6.41. The van der Waals surface area contributed by atoms with E-state index in [1.165, 1.54) is 13.2 Å². The fraction of sp³-hybridized carbons (Fsp3) is 0.250. The molecule has 1 aromatic heterocycles. The van der Waals surface area contributed by atoms with Gasteiger partial charge in [0.1, 0.15) is 29.3 Å². The van der Waals surface area contributed by atoms with Gasteiger partial charge in [0.15, 0.2) is 0 Å². The van der Waals surface area contributed by atoms with Crippen LogP contribution in [0.1, 0.15) is 40.2 Å². The Morgan fingerprint density at radius 2 is 1.59 bits per heavy atom. The highest BCUT2D eigenvalue weighted by Crippen LogP contribution is 2.48. The van der Waals surface area contributed by atoms with Gasteiger partial charge in [0.2, 0.25) is 20.0 Å². The normalized spacial score (nSPS) is 13.8. The van der Waals surface area contributed by atoms with Gasteiger partial charge in [0.05, 0.1) is 25.3 Å². The molecule has 4 aromatic rings. The zero-order chi connectivity index (χ0) is 27.9. The van der Waals surface area contributed by atoms with Crippen molar-refractivity contribution in [2.24, 2.45) is 0 Å². The number of ether oxygens (including phenoxy) is 2. The van der Waals surface area contributed by atoms with Gasteiger partial charge in [-0.1, -0.05) is 30.3 Å². The van der Waals surface area contributed by atoms with Crippen molar-refractivity contribution in [2.75, 3.05) is 23.3 Å². The van der Waals surface area contributed by atoms with Crippen LogP contribution in [0, 0.1) is 0 Å². The number of benzene rings is 3. The molecule has 0 bridgehead atoms. The van der Waals surface area contributed by atoms with Crippen LogP contribution in [0.2, 0.25) is 0 Å². The number of hydrogen-bond donors (Lipinski definition) is 0. The van der Waals surface area contributed by atoms with Crippen LogP contribution in [0.25, 0.3) is 22.3 Å². The van der Waals surface area contributed by atoms with E-state index in [-0.39, 0.29) is 28.5 Å². The zero-order valence-electron chi connectivity index (χ0n) is 21.6. The quantitative estimate of drug-likeness (QED) is 0.256. The van der Waals surface area contributed by atoms with E-state index < -0.39 is 26.0 Å². The number of anilines is 1. The Balaban J connectivity index is 1.61. The van der Waals surface area contributed by atoms with Crippen LogP contribution in [-0.2, 0) is 31.4 Å². The van der Waals surface area contributed by atoms with E-state index in [0.717, 1.165) is 30.9 Å². The predicted octanol–water partition coefficient (Wildman–Crippen LogP) is 5.07. The minimum Gasteiger partial charge on any atom is -0.489 e. The number of esters is 1. The van der Waals surface area contributed by atoms with Gasteiger partial charge in [-0.3, -0.25) is 0 Å². The highest BCUT2D eigenvalue weighted by Gasteiger charge is 2.36. The molecule has 0 N–H and O–H groups in total. The molecule has 9 nitrogen and oxygen atoms in total. The molecule has 0 unspecified atom stereocenters. The standard InChI is InChI=1S/C28H27NO8S2/c1-35-28(30)26-23-15-22(19-9-10-19)24(29(38(2,31)32)39(3,33)34)16-25(23)37-27(26)20-11-13-21(14-12-20)36-17-18-7-5-4-6-8-18/h4-8,11-16,19H,9-10,17H2,1-3H3. The molecule has 0 aliphatic heterocycles. The molecular weight excluding hydrogens is 542 g/mol. The van der Waals surface area contributed by atoms with Crippen LogP contribution in [0.5, 0.6) is 5.75 Å². The van der Waals surface area contributed by atoms with Crippen LogP contribution in [-0.4, -0.2) is 42.4 Å². The highest BCUT2D eigenvalue weighted by atomic mass is 32.3. The third-order valence-corrected chi connectivity index (χ3v) is 9.63. The van der Waals surface area contributed by atoms with E-state index in [9.17, 15) is 21.6 Å². The van der Waals surface area contributed by atoms with Crippen molar-refractivity contribution < 1.29 is 35.5 Å². The third kappa shape index (κ3) is 5.50. The molecule has 1 aliphatic carbocycles. The zero-order valence-corrected chi connectivity index (χ0v) is 23.2. The lowest BCUT2D eigenvalue weighted by Gasteiger charge is -2.22. The Morgan fingerprint density at radius 1 is 0.949 bits per heavy atom. The lowest BCUT2D eigenvalue weighted by Crippen LogP contribution is -2.35. The SMILES string of the molecule is COC(=O)c1c(-c2ccc(OCc3ccccc3)cc2)oc2cc(N(S(C)(=O)=O)S(C)(=O)=O)c(C3CC3)cc12. The molecule has 1 fully saturated rings. The second-order valence-corrected chi connectivity index (χ2v) is 13.4. The molecule has 5 rings (SSSR count). The van der Waals surface area contributed by atoms with Crippen molar-refractivity contribution in [1.82, 2.24) is 0 Å². The van der Waals surface area contributed by atoms with Crippen LogP contribution in [0.3, 0.4) is 0 Å². The summed E-state index contributed by atoms with van der Waals surface area (Å²) < 4.78 is 67.7. The van der Waals surface area contributed by atoms with Crippen molar-refractivity contribution in [3.63, 3.8) is 0 Å². The van der Waals surface area contributed by atoms with E-state index in [4.69, 9.17) is 13.9 Å². The first-order valence-corrected chi connectivity index (χ1v) is 15.8. The number of furan rings is 1. The van der Waals surface area contributed by atoms with Gasteiger partial charge in [0.25, 0.3) is 0 Å². The molecule has 204 valence electrons. The maximum atomic E-state index is 12.9. The summed E-state index contributed by atoms with van der Waals surface area (Å²) in [6.45, 7) is 0.391. The monoisotopic (exact) mass is 569 g/mol. The first-order valence-electron chi connectivity index (χ1n) is 12.1. The number of nitrogens with zero attached hydrogens (tertiary/aromatic N) is 1. The largest absolute Gasteiger partial charge is 0.489 e. The summed E-state index contributed by atoms with van der Waals surface area (Å²) in [5.41, 5.74) is 2.43. The van der Waals surface area contributed by atoms with Crippen molar-refractivity contribution in [3.05, 3.63) is 83.4 Å². The average Bonchev–Trinajstić information content (AvgIpc) is 3.66. The van der Waals surface area contributed by atoms with E-state index in [1.807, 2.05) is 30.3 Å². The minimum atomic E-state index is -4.18. The number of fused-ring (bicyclic) bond motifs is 1. The Kier molecular flexibility index (Phi) is 6.90. The van der Waals surface area contributed by atoms with E-state index >= 15 is 0 Å². The summed E-state index contributed by atoms with van der Waals surface area (Å²) >= 11 is 0. The molecule has 0 atom stereocenters. The van der Waals surface area contributed by atoms with Crippen molar-refractivity contribution >= 4 is 42.7 Å². The molecular formula is C28H27NO8S2. The first kappa shape index (κ1) is 26.8. The van der Waals surface area contributed by atoms with E-state index in [0.29, 0.717) is 32.6 Å². The maximum Gasteiger partial charge on any atom is 0.342 e. The molecule has 0 saturated heterocycles. The first-order chi connectivity index (χ1) is 18.5. The van der Waals surface area contributed by atoms with Crippen LogP contribution >= 0.6 is 0 Å². The molecule has 3 aromatic carbocycles. The molecule has 39 heavy (non-hydrogen) atoms. The highest BCUT2D eigenvalue weighted by molar-refractivity contribution is 8.09. The number of methoxy groups -OCH3 is 1. The van der Waals surface area contributed by atoms with E-state index in [2.05, 4.69) is 0 Å². The van der Waals surface area contributed by atoms with Crippen molar-refractivity contribution in [3.8, 4) is 17.1 Å². The van der Waals surface area contributed by atoms with Gasteiger partial charge in [-0.2, -0.15) is 3.71 Å². The number of rotatable bonds is 9. The molecule has 0 spiro atoms. The lowest BCUT2D eigenvalue weighted by atomic mass is 10.0. The number of sulfonamides is 2. The fourth-order valence-corrected chi connectivity index (χ4v) is 7.58. The van der Waals surface area contributed by atoms with Crippen molar-refractivity contribution in [1.29, 1.82) is 0 Å². The van der Waals surface area contributed by atoms with Gasteiger partial charge < -0.3 is 13.9 Å². The summed E-state index contributed by atoms with van der Waals surface area (Å²) in [5.74, 6) is 0.162. The van der Waals surface area contributed by atoms with Gasteiger partial charge in [-0.25, -0.2) is 21.6 Å². The smallest absolute Gasteiger partial charge is 0.342 e. The number of carbonyl (C=O) groups is 1. The van der Waals surface area contributed by atoms with Gasteiger partial charge in [-0.05, 0) is 60.2 Å². The summed E-state index contributed by atoms with van der Waals surface area (Å²) in [6.07, 6.45) is 3.21. The van der Waals surface area contributed by atoms with Crippen LogP contribution in [0.4, 0.5) is 5.69 Å². The summed E-state index contributed by atoms with van der Waals surface area (Å²) in [5, 5.41) is 0.411. The molecule has 11 heteroatoms. The number of hydrogen-bond acceptors (Lipinski definition) is 8. The predicted molar refractivity (Wildman–Crippen MR) is 148 cm³/mol.